The Kier molecular flexibility index (Phi) is 5.03. The number of carboxylic acids is 1. The molecule has 1 saturated carbocycles. The lowest BCUT2D eigenvalue weighted by molar-refractivity contribution is -0.147. The third kappa shape index (κ3) is 3.93. The van der Waals surface area contributed by atoms with E-state index < -0.39 is 11.4 Å². The molecule has 2 atom stereocenters. The highest BCUT2D eigenvalue weighted by atomic mass is 35.5. The van der Waals surface area contributed by atoms with Gasteiger partial charge in [0.2, 0.25) is 5.91 Å². The largest absolute Gasteiger partial charge is 0.481 e. The minimum absolute atomic E-state index is 0.0443. The van der Waals surface area contributed by atoms with Crippen LogP contribution in [0.15, 0.2) is 18.2 Å². The Labute approximate surface area is 139 Å². The van der Waals surface area contributed by atoms with Gasteiger partial charge in [-0.1, -0.05) is 29.3 Å². The van der Waals surface area contributed by atoms with Crippen molar-refractivity contribution >= 4 is 35.1 Å². The van der Waals surface area contributed by atoms with Crippen molar-refractivity contribution in [1.82, 2.24) is 5.32 Å². The molecule has 0 heterocycles. The number of carboxylic acid groups (broad SMARTS) is 1. The molecule has 6 heteroatoms. The van der Waals surface area contributed by atoms with Gasteiger partial charge in [-0.3, -0.25) is 9.59 Å². The van der Waals surface area contributed by atoms with Crippen LogP contribution in [0.5, 0.6) is 0 Å². The molecule has 1 aromatic carbocycles. The summed E-state index contributed by atoms with van der Waals surface area (Å²) in [4.78, 5) is 23.1. The standard InChI is InChI=1S/C16H19Cl2NO3/c1-16(2,15(21)22)5-6-19-14(20)12-8-11(12)10-4-3-9(17)7-13(10)18/h3-4,7,11-12H,5-6,8H2,1-2H3,(H,19,20)(H,21,22). The lowest BCUT2D eigenvalue weighted by Crippen LogP contribution is -2.32. The first-order chi connectivity index (χ1) is 10.2. The monoisotopic (exact) mass is 343 g/mol. The number of nitrogens with one attached hydrogen (secondary N) is 1. The van der Waals surface area contributed by atoms with E-state index in [2.05, 4.69) is 5.32 Å². The number of amides is 1. The maximum Gasteiger partial charge on any atom is 0.309 e. The number of benzene rings is 1. The molecule has 1 fully saturated rings. The average Bonchev–Trinajstić information content (AvgIpc) is 3.18. The van der Waals surface area contributed by atoms with Crippen LogP contribution in [0.25, 0.3) is 0 Å². The maximum absolute atomic E-state index is 12.1. The molecule has 0 aliphatic heterocycles. The van der Waals surface area contributed by atoms with Gasteiger partial charge in [-0.15, -0.1) is 0 Å². The van der Waals surface area contributed by atoms with E-state index in [1.165, 1.54) is 0 Å². The first kappa shape index (κ1) is 17.1. The van der Waals surface area contributed by atoms with Gasteiger partial charge < -0.3 is 10.4 Å². The van der Waals surface area contributed by atoms with Gasteiger partial charge in [-0.25, -0.2) is 0 Å². The number of hydrogen-bond acceptors (Lipinski definition) is 2. The third-order valence-corrected chi connectivity index (χ3v) is 4.68. The van der Waals surface area contributed by atoms with Crippen LogP contribution in [0.1, 0.15) is 38.2 Å². The topological polar surface area (TPSA) is 66.4 Å². The van der Waals surface area contributed by atoms with Crippen molar-refractivity contribution in [3.05, 3.63) is 33.8 Å². The zero-order chi connectivity index (χ0) is 16.5. The van der Waals surface area contributed by atoms with Crippen LogP contribution in [-0.2, 0) is 9.59 Å². The highest BCUT2D eigenvalue weighted by Crippen LogP contribution is 2.50. The smallest absolute Gasteiger partial charge is 0.309 e. The molecule has 1 amide bonds. The fourth-order valence-corrected chi connectivity index (χ4v) is 2.92. The lowest BCUT2D eigenvalue weighted by atomic mass is 9.90. The summed E-state index contributed by atoms with van der Waals surface area (Å²) in [5.41, 5.74) is 0.104. The van der Waals surface area contributed by atoms with Crippen molar-refractivity contribution in [2.75, 3.05) is 6.54 Å². The third-order valence-electron chi connectivity index (χ3n) is 4.12. The van der Waals surface area contributed by atoms with E-state index in [0.717, 1.165) is 12.0 Å². The Balaban J connectivity index is 1.85. The number of carbonyl (C=O) groups excluding carboxylic acids is 1. The van der Waals surface area contributed by atoms with E-state index >= 15 is 0 Å². The zero-order valence-electron chi connectivity index (χ0n) is 12.5. The Bertz CT molecular complexity index is 601. The number of aliphatic carboxylic acids is 1. The predicted molar refractivity (Wildman–Crippen MR) is 86.4 cm³/mol. The molecule has 0 aromatic heterocycles. The molecule has 22 heavy (non-hydrogen) atoms. The SMILES string of the molecule is CC(C)(CCNC(=O)C1CC1c1ccc(Cl)cc1Cl)C(=O)O. The fourth-order valence-electron chi connectivity index (χ4n) is 2.37. The first-order valence-electron chi connectivity index (χ1n) is 7.18. The van der Waals surface area contributed by atoms with Gasteiger partial charge in [0.05, 0.1) is 5.41 Å². The Morgan fingerprint density at radius 3 is 2.64 bits per heavy atom. The normalized spacial score (nSPS) is 20.5. The quantitative estimate of drug-likeness (QED) is 0.827. The molecule has 2 rings (SSSR count). The van der Waals surface area contributed by atoms with Crippen molar-refractivity contribution in [3.8, 4) is 0 Å². The van der Waals surface area contributed by atoms with E-state index in [0.29, 0.717) is 23.0 Å². The Hall–Kier alpha value is -1.26. The maximum atomic E-state index is 12.1. The van der Waals surface area contributed by atoms with Gasteiger partial charge in [0, 0.05) is 22.5 Å². The summed E-state index contributed by atoms with van der Waals surface area (Å²) in [5, 5.41) is 13.0. The summed E-state index contributed by atoms with van der Waals surface area (Å²) in [6, 6.07) is 5.31. The van der Waals surface area contributed by atoms with Crippen LogP contribution in [-0.4, -0.2) is 23.5 Å². The van der Waals surface area contributed by atoms with Gasteiger partial charge in [0.15, 0.2) is 0 Å². The van der Waals surface area contributed by atoms with E-state index in [-0.39, 0.29) is 17.7 Å². The molecule has 4 nitrogen and oxygen atoms in total. The van der Waals surface area contributed by atoms with Crippen LogP contribution in [0.3, 0.4) is 0 Å². The molecule has 1 aliphatic rings. The summed E-state index contributed by atoms with van der Waals surface area (Å²) >= 11 is 12.0. The van der Waals surface area contributed by atoms with Gasteiger partial charge in [0.1, 0.15) is 0 Å². The summed E-state index contributed by atoms with van der Waals surface area (Å²) in [6.45, 7) is 3.65. The lowest BCUT2D eigenvalue weighted by Gasteiger charge is -2.18. The second-order valence-electron chi connectivity index (χ2n) is 6.34. The van der Waals surface area contributed by atoms with Gasteiger partial charge >= 0.3 is 5.97 Å². The number of halogens is 2. The summed E-state index contributed by atoms with van der Waals surface area (Å²) in [5.74, 6) is -0.875. The fraction of sp³-hybridized carbons (Fsp3) is 0.500. The molecule has 2 unspecified atom stereocenters. The first-order valence-corrected chi connectivity index (χ1v) is 7.94. The predicted octanol–water partition coefficient (Wildman–Crippen LogP) is 3.71. The molecular formula is C16H19Cl2NO3. The molecule has 1 aromatic rings. The van der Waals surface area contributed by atoms with Crippen molar-refractivity contribution in [2.24, 2.45) is 11.3 Å². The van der Waals surface area contributed by atoms with E-state index in [1.54, 1.807) is 26.0 Å². The van der Waals surface area contributed by atoms with Crippen LogP contribution in [0.2, 0.25) is 10.0 Å². The van der Waals surface area contributed by atoms with Crippen molar-refractivity contribution in [3.63, 3.8) is 0 Å². The Morgan fingerprint density at radius 2 is 2.05 bits per heavy atom. The van der Waals surface area contributed by atoms with Crippen LogP contribution < -0.4 is 5.32 Å². The minimum atomic E-state index is -0.862. The zero-order valence-corrected chi connectivity index (χ0v) is 14.0. The van der Waals surface area contributed by atoms with E-state index in [9.17, 15) is 9.59 Å². The van der Waals surface area contributed by atoms with E-state index in [4.69, 9.17) is 28.3 Å². The molecular weight excluding hydrogens is 325 g/mol. The number of carbonyl (C=O) groups is 2. The van der Waals surface area contributed by atoms with Crippen molar-refractivity contribution < 1.29 is 14.7 Å². The van der Waals surface area contributed by atoms with Gasteiger partial charge in [0.25, 0.3) is 0 Å². The molecule has 0 saturated heterocycles. The summed E-state index contributed by atoms with van der Waals surface area (Å²) in [7, 11) is 0. The average molecular weight is 344 g/mol. The van der Waals surface area contributed by atoms with Gasteiger partial charge in [-0.2, -0.15) is 0 Å². The van der Waals surface area contributed by atoms with E-state index in [1.807, 2.05) is 6.07 Å². The minimum Gasteiger partial charge on any atom is -0.481 e. The highest BCUT2D eigenvalue weighted by Gasteiger charge is 2.44. The van der Waals surface area contributed by atoms with Crippen molar-refractivity contribution in [1.29, 1.82) is 0 Å². The van der Waals surface area contributed by atoms with Crippen LogP contribution in [0.4, 0.5) is 0 Å². The molecule has 1 aliphatic carbocycles. The summed E-state index contributed by atoms with van der Waals surface area (Å²) in [6.07, 6.45) is 1.16. The molecule has 120 valence electrons. The van der Waals surface area contributed by atoms with Crippen LogP contribution >= 0.6 is 23.2 Å². The molecule has 0 radical (unpaired) electrons. The van der Waals surface area contributed by atoms with Gasteiger partial charge in [-0.05, 0) is 50.3 Å². The number of hydrogen-bond donors (Lipinski definition) is 2. The Morgan fingerprint density at radius 1 is 1.36 bits per heavy atom. The second-order valence-corrected chi connectivity index (χ2v) is 7.19. The molecule has 0 spiro atoms. The molecule has 2 N–H and O–H groups in total. The van der Waals surface area contributed by atoms with Crippen LogP contribution in [0, 0.1) is 11.3 Å². The number of rotatable bonds is 6. The summed E-state index contributed by atoms with van der Waals surface area (Å²) < 4.78 is 0. The second kappa shape index (κ2) is 6.47. The van der Waals surface area contributed by atoms with Crippen molar-refractivity contribution in [2.45, 2.75) is 32.6 Å². The molecule has 0 bridgehead atoms. The highest BCUT2D eigenvalue weighted by molar-refractivity contribution is 6.35.